The van der Waals surface area contributed by atoms with Gasteiger partial charge in [0.25, 0.3) is 5.91 Å². The molecule has 5 rings (SSSR count). The third-order valence-electron chi connectivity index (χ3n) is 7.27. The summed E-state index contributed by atoms with van der Waals surface area (Å²) >= 11 is 11.8. The Bertz CT molecular complexity index is 1680. The minimum absolute atomic E-state index is 0.171. The normalized spacial score (nSPS) is 16.7. The Morgan fingerprint density at radius 2 is 2.00 bits per heavy atom. The summed E-state index contributed by atoms with van der Waals surface area (Å²) in [5.41, 5.74) is 1.72. The number of imidazole rings is 1. The number of aromatic nitrogens is 4. The fourth-order valence-electron chi connectivity index (χ4n) is 5.17. The van der Waals surface area contributed by atoms with E-state index >= 15 is 0 Å². The fraction of sp³-hybridized carbons (Fsp3) is 0.433. The number of likely N-dealkylation sites (tertiary alicyclic amines) is 1. The number of halogens is 2. The smallest absolute Gasteiger partial charge is 0.410 e. The molecule has 11 nitrogen and oxygen atoms in total. The average Bonchev–Trinajstić information content (AvgIpc) is 3.59. The molecule has 234 valence electrons. The van der Waals surface area contributed by atoms with Gasteiger partial charge in [0.2, 0.25) is 0 Å². The molecular weight excluding hydrogens is 625 g/mol. The molecule has 1 saturated heterocycles. The summed E-state index contributed by atoms with van der Waals surface area (Å²) in [4.78, 5) is 44.4. The molecule has 1 aliphatic rings. The molecule has 44 heavy (non-hydrogen) atoms. The Morgan fingerprint density at radius 3 is 2.75 bits per heavy atom. The third kappa shape index (κ3) is 7.66. The Labute approximate surface area is 268 Å². The van der Waals surface area contributed by atoms with Gasteiger partial charge in [-0.05, 0) is 63.9 Å². The van der Waals surface area contributed by atoms with Crippen molar-refractivity contribution in [3.05, 3.63) is 58.1 Å². The van der Waals surface area contributed by atoms with Crippen LogP contribution in [-0.4, -0.2) is 78.1 Å². The molecule has 0 bridgehead atoms. The summed E-state index contributed by atoms with van der Waals surface area (Å²) in [5, 5.41) is 7.76. The summed E-state index contributed by atoms with van der Waals surface area (Å²) in [5.74, 6) is 1.21. The van der Waals surface area contributed by atoms with Crippen molar-refractivity contribution in [2.45, 2.75) is 57.7 Å². The van der Waals surface area contributed by atoms with Crippen molar-refractivity contribution >= 4 is 74.1 Å². The van der Waals surface area contributed by atoms with Gasteiger partial charge < -0.3 is 29.8 Å². The molecule has 0 spiro atoms. The highest BCUT2D eigenvalue weighted by Crippen LogP contribution is 2.31. The van der Waals surface area contributed by atoms with E-state index in [2.05, 4.69) is 25.6 Å². The third-order valence-corrected chi connectivity index (χ3v) is 8.63. The molecule has 14 heteroatoms. The summed E-state index contributed by atoms with van der Waals surface area (Å²) in [7, 11) is 0. The molecule has 1 unspecified atom stereocenters. The maximum atomic E-state index is 13.2. The van der Waals surface area contributed by atoms with E-state index in [-0.39, 0.29) is 41.2 Å². The molecule has 2 aromatic carbocycles. The lowest BCUT2D eigenvalue weighted by molar-refractivity contribution is 0.0225. The van der Waals surface area contributed by atoms with E-state index in [0.717, 1.165) is 23.9 Å². The predicted octanol–water partition coefficient (Wildman–Crippen LogP) is 5.86. The minimum Gasteiger partial charge on any atom is -0.617 e. The second kappa shape index (κ2) is 13.4. The second-order valence-corrected chi connectivity index (χ2v) is 14.2. The van der Waals surface area contributed by atoms with Gasteiger partial charge in [-0.15, -0.1) is 0 Å². The SMILES string of the molecule is C[S+]([O-])CC[C@H](Nc1ncnc2cc(C(=O)NC[C@H]3CCCN3C(=O)OC(C)(C)C)c(Cl)cc12)c1nc2cc(Cl)ccc2[nH]1. The van der Waals surface area contributed by atoms with E-state index in [4.69, 9.17) is 32.9 Å². The summed E-state index contributed by atoms with van der Waals surface area (Å²) in [6, 6.07) is 8.17. The van der Waals surface area contributed by atoms with Gasteiger partial charge in [-0.25, -0.2) is 19.7 Å². The first-order chi connectivity index (χ1) is 20.9. The molecule has 3 atom stereocenters. The van der Waals surface area contributed by atoms with Crippen molar-refractivity contribution in [3.63, 3.8) is 0 Å². The van der Waals surface area contributed by atoms with E-state index in [0.29, 0.717) is 46.3 Å². The van der Waals surface area contributed by atoms with Crippen molar-refractivity contribution in [1.82, 2.24) is 30.2 Å². The highest BCUT2D eigenvalue weighted by Gasteiger charge is 2.32. The fourth-order valence-corrected chi connectivity index (χ4v) is 6.15. The monoisotopic (exact) mass is 659 g/mol. The van der Waals surface area contributed by atoms with Crippen LogP contribution in [0.1, 0.15) is 62.3 Å². The minimum atomic E-state index is -1.02. The zero-order valence-electron chi connectivity index (χ0n) is 24.9. The average molecular weight is 661 g/mol. The molecule has 3 heterocycles. The Kier molecular flexibility index (Phi) is 9.74. The zero-order chi connectivity index (χ0) is 31.6. The highest BCUT2D eigenvalue weighted by molar-refractivity contribution is 7.90. The number of anilines is 1. The number of carbonyl (C=O) groups is 2. The van der Waals surface area contributed by atoms with Gasteiger partial charge in [-0.2, -0.15) is 0 Å². The lowest BCUT2D eigenvalue weighted by atomic mass is 10.1. The Hall–Kier alpha value is -3.32. The quantitative estimate of drug-likeness (QED) is 0.189. The second-order valence-electron chi connectivity index (χ2n) is 11.8. The first kappa shape index (κ1) is 32.1. The lowest BCUT2D eigenvalue weighted by Gasteiger charge is -2.28. The van der Waals surface area contributed by atoms with Crippen LogP contribution in [0.25, 0.3) is 21.9 Å². The number of aromatic amines is 1. The Morgan fingerprint density at radius 1 is 1.20 bits per heavy atom. The molecule has 1 aliphatic heterocycles. The van der Waals surface area contributed by atoms with Gasteiger partial charge in [0.05, 0.1) is 45.5 Å². The number of hydrogen-bond acceptors (Lipinski definition) is 8. The van der Waals surface area contributed by atoms with E-state index < -0.39 is 16.8 Å². The van der Waals surface area contributed by atoms with Gasteiger partial charge in [-0.3, -0.25) is 4.79 Å². The maximum absolute atomic E-state index is 13.2. The van der Waals surface area contributed by atoms with Crippen LogP contribution in [0.3, 0.4) is 0 Å². The summed E-state index contributed by atoms with van der Waals surface area (Å²) in [6.45, 7) is 6.33. The van der Waals surface area contributed by atoms with Crippen LogP contribution < -0.4 is 10.6 Å². The molecule has 0 aliphatic carbocycles. The topological polar surface area (TPSA) is 148 Å². The first-order valence-electron chi connectivity index (χ1n) is 14.3. The number of amides is 2. The molecule has 0 saturated carbocycles. The number of H-pyrrole nitrogens is 1. The van der Waals surface area contributed by atoms with Gasteiger partial charge in [0.15, 0.2) is 0 Å². The van der Waals surface area contributed by atoms with Crippen molar-refractivity contribution in [3.8, 4) is 0 Å². The van der Waals surface area contributed by atoms with Crippen LogP contribution in [0.4, 0.5) is 10.6 Å². The van der Waals surface area contributed by atoms with E-state index in [1.165, 1.54) is 6.33 Å². The van der Waals surface area contributed by atoms with Crippen molar-refractivity contribution in [2.24, 2.45) is 0 Å². The number of benzene rings is 2. The van der Waals surface area contributed by atoms with Crippen molar-refractivity contribution in [1.29, 1.82) is 0 Å². The number of nitrogens with zero attached hydrogens (tertiary/aromatic N) is 4. The molecule has 2 aromatic heterocycles. The number of nitrogens with one attached hydrogen (secondary N) is 3. The molecular formula is C30H35Cl2N7O4S. The van der Waals surface area contributed by atoms with E-state index in [1.807, 2.05) is 26.8 Å². The highest BCUT2D eigenvalue weighted by atomic mass is 35.5. The number of fused-ring (bicyclic) bond motifs is 2. The van der Waals surface area contributed by atoms with Gasteiger partial charge in [0.1, 0.15) is 29.3 Å². The predicted molar refractivity (Wildman–Crippen MR) is 174 cm³/mol. The van der Waals surface area contributed by atoms with Crippen molar-refractivity contribution in [2.75, 3.05) is 30.4 Å². The molecule has 1 fully saturated rings. The first-order valence-corrected chi connectivity index (χ1v) is 16.8. The van der Waals surface area contributed by atoms with Gasteiger partial charge in [0, 0.05) is 29.9 Å². The molecule has 3 N–H and O–H groups in total. The molecule has 2 amide bonds. The van der Waals surface area contributed by atoms with Crippen LogP contribution in [0, 0.1) is 0 Å². The van der Waals surface area contributed by atoms with Crippen molar-refractivity contribution < 1.29 is 18.9 Å². The molecule has 0 radical (unpaired) electrons. The summed E-state index contributed by atoms with van der Waals surface area (Å²) in [6.07, 6.45) is 4.79. The lowest BCUT2D eigenvalue weighted by Crippen LogP contribution is -2.45. The zero-order valence-corrected chi connectivity index (χ0v) is 27.3. The Balaban J connectivity index is 1.34. The van der Waals surface area contributed by atoms with Gasteiger partial charge in [-0.1, -0.05) is 34.4 Å². The van der Waals surface area contributed by atoms with Crippen LogP contribution in [0.5, 0.6) is 0 Å². The number of hydrogen-bond donors (Lipinski definition) is 3. The van der Waals surface area contributed by atoms with E-state index in [1.54, 1.807) is 35.4 Å². The largest absolute Gasteiger partial charge is 0.617 e. The molecule has 4 aromatic rings. The maximum Gasteiger partial charge on any atom is 0.410 e. The number of carbonyl (C=O) groups excluding carboxylic acids is 2. The number of ether oxygens (including phenoxy) is 1. The van der Waals surface area contributed by atoms with E-state index in [9.17, 15) is 14.1 Å². The van der Waals surface area contributed by atoms with Crippen LogP contribution in [0.2, 0.25) is 10.0 Å². The van der Waals surface area contributed by atoms with Crippen LogP contribution >= 0.6 is 23.2 Å². The van der Waals surface area contributed by atoms with Gasteiger partial charge >= 0.3 is 6.09 Å². The van der Waals surface area contributed by atoms with Crippen LogP contribution in [-0.2, 0) is 15.9 Å². The number of rotatable bonds is 9. The summed E-state index contributed by atoms with van der Waals surface area (Å²) < 4.78 is 17.5. The van der Waals surface area contributed by atoms with Crippen LogP contribution in [0.15, 0.2) is 36.7 Å². The standard InChI is InChI=1S/C30H35Cl2N7O4S/c1-30(2,3)43-29(41)39-10-5-6-18(39)15-33-28(40)19-14-24-20(13-21(19)32)26(35-16-34-24)37-23(9-11-44(4)42)27-36-22-8-7-17(31)12-25(22)38-27/h7-8,12-14,16,18,23H,5-6,9-11,15H2,1-4H3,(H,33,40)(H,36,38)(H,34,35,37)/t18-,23+,44?/m1/s1.